The quantitative estimate of drug-likeness (QED) is 0.514. The lowest BCUT2D eigenvalue weighted by Crippen LogP contribution is -2.55. The van der Waals surface area contributed by atoms with Crippen molar-refractivity contribution in [1.29, 1.82) is 0 Å². The van der Waals surface area contributed by atoms with Gasteiger partial charge in [0.15, 0.2) is 0 Å². The van der Waals surface area contributed by atoms with Crippen LogP contribution in [0.1, 0.15) is 13.8 Å². The highest BCUT2D eigenvalue weighted by Crippen LogP contribution is 2.37. The molecule has 1 spiro atoms. The average molecular weight is 156 g/mol. The van der Waals surface area contributed by atoms with Crippen molar-refractivity contribution in [2.75, 3.05) is 40.3 Å². The van der Waals surface area contributed by atoms with Crippen LogP contribution in [0, 0.1) is 5.41 Å². The number of nitrogens with zero attached hydrogens (tertiary/aromatic N) is 2. The molecule has 2 aliphatic rings. The van der Waals surface area contributed by atoms with Crippen molar-refractivity contribution in [1.82, 2.24) is 9.80 Å². The molecule has 0 amide bonds. The molecule has 0 bridgehead atoms. The molecule has 0 unspecified atom stereocenters. The molecule has 2 rings (SSSR count). The Morgan fingerprint density at radius 1 is 1.00 bits per heavy atom. The number of rotatable bonds is 0. The smallest absolute Gasteiger partial charge is 0.00965 e. The summed E-state index contributed by atoms with van der Waals surface area (Å²) < 4.78 is 0. The summed E-state index contributed by atoms with van der Waals surface area (Å²) in [5.74, 6) is 0. The molecule has 2 heterocycles. The van der Waals surface area contributed by atoms with Crippen LogP contribution in [0.2, 0.25) is 0 Å². The van der Waals surface area contributed by atoms with Gasteiger partial charge >= 0.3 is 0 Å². The van der Waals surface area contributed by atoms with Gasteiger partial charge in [0.05, 0.1) is 0 Å². The van der Waals surface area contributed by atoms with E-state index in [1.54, 1.807) is 0 Å². The summed E-state index contributed by atoms with van der Waals surface area (Å²) in [5, 5.41) is 0. The Morgan fingerprint density at radius 2 is 1.55 bits per heavy atom. The molecule has 0 atom stereocenters. The zero-order valence-corrected chi connectivity index (χ0v) is 6.93. The van der Waals surface area contributed by atoms with Crippen molar-refractivity contribution in [2.24, 2.45) is 5.41 Å². The van der Waals surface area contributed by atoms with Gasteiger partial charge in [-0.15, -0.1) is 0 Å². The first kappa shape index (κ1) is 9.01. The van der Waals surface area contributed by atoms with Crippen molar-refractivity contribution >= 4 is 0 Å². The topological polar surface area (TPSA) is 6.48 Å². The van der Waals surface area contributed by atoms with E-state index in [0.29, 0.717) is 5.41 Å². The second-order valence-electron chi connectivity index (χ2n) is 4.16. The fourth-order valence-corrected chi connectivity index (χ4v) is 2.52. The van der Waals surface area contributed by atoms with Crippen LogP contribution >= 0.6 is 0 Å². The van der Waals surface area contributed by atoms with E-state index in [0.717, 1.165) is 0 Å². The lowest BCUT2D eigenvalue weighted by atomic mass is 9.80. The van der Waals surface area contributed by atoms with Gasteiger partial charge in [0.2, 0.25) is 0 Å². The minimum atomic E-state index is 0. The maximum atomic E-state index is 2.45. The molecule has 2 fully saturated rings. The third-order valence-corrected chi connectivity index (χ3v) is 2.84. The van der Waals surface area contributed by atoms with Gasteiger partial charge in [0.1, 0.15) is 0 Å². The summed E-state index contributed by atoms with van der Waals surface area (Å²) in [4.78, 5) is 4.87. The van der Waals surface area contributed by atoms with Gasteiger partial charge in [0, 0.05) is 25.0 Å². The van der Waals surface area contributed by atoms with Crippen LogP contribution in [0.3, 0.4) is 0 Å². The molecule has 0 aromatic rings. The summed E-state index contributed by atoms with van der Waals surface area (Å²) in [6, 6.07) is 0. The predicted octanol–water partition coefficient (Wildman–Crippen LogP) is 0.890. The standard InChI is InChI=1S/C8H16N2.CH4/c1-9-4-3-8(5-9)6-10(2)7-8;/h3-7H2,1-2H3;1H4. The Labute approximate surface area is 70.2 Å². The normalized spacial score (nSPS) is 30.0. The largest absolute Gasteiger partial charge is 0.306 e. The molecule has 2 nitrogen and oxygen atoms in total. The van der Waals surface area contributed by atoms with Gasteiger partial charge in [-0.2, -0.15) is 0 Å². The van der Waals surface area contributed by atoms with E-state index in [4.69, 9.17) is 0 Å². The van der Waals surface area contributed by atoms with Gasteiger partial charge in [0.25, 0.3) is 0 Å². The lowest BCUT2D eigenvalue weighted by molar-refractivity contribution is 0.0329. The fourth-order valence-electron chi connectivity index (χ4n) is 2.52. The minimum absolute atomic E-state index is 0. The second kappa shape index (κ2) is 2.76. The van der Waals surface area contributed by atoms with Gasteiger partial charge in [-0.3, -0.25) is 0 Å². The maximum absolute atomic E-state index is 2.45. The molecule has 0 aromatic heterocycles. The first-order chi connectivity index (χ1) is 4.70. The molecule has 2 aliphatic heterocycles. The molecular weight excluding hydrogens is 136 g/mol. The van der Waals surface area contributed by atoms with E-state index in [9.17, 15) is 0 Å². The van der Waals surface area contributed by atoms with Crippen LogP contribution in [-0.2, 0) is 0 Å². The van der Waals surface area contributed by atoms with Crippen molar-refractivity contribution in [3.8, 4) is 0 Å². The van der Waals surface area contributed by atoms with Crippen LogP contribution in [-0.4, -0.2) is 50.1 Å². The molecule has 0 saturated carbocycles. The molecule has 11 heavy (non-hydrogen) atoms. The van der Waals surface area contributed by atoms with E-state index >= 15 is 0 Å². The summed E-state index contributed by atoms with van der Waals surface area (Å²) in [5.41, 5.74) is 0.712. The van der Waals surface area contributed by atoms with Gasteiger partial charge in [-0.05, 0) is 27.1 Å². The van der Waals surface area contributed by atoms with E-state index in [2.05, 4.69) is 23.9 Å². The zero-order valence-electron chi connectivity index (χ0n) is 6.93. The Hall–Kier alpha value is -0.0800. The van der Waals surface area contributed by atoms with Crippen molar-refractivity contribution in [3.63, 3.8) is 0 Å². The highest BCUT2D eigenvalue weighted by molar-refractivity contribution is 4.99. The Bertz CT molecular complexity index is 133. The molecule has 0 aromatic carbocycles. The molecule has 0 N–H and O–H groups in total. The second-order valence-corrected chi connectivity index (χ2v) is 4.16. The SMILES string of the molecule is C.CN1CCC2(C1)CN(C)C2. The Balaban J connectivity index is 0.000000605. The van der Waals surface area contributed by atoms with Gasteiger partial charge in [-0.25, -0.2) is 0 Å². The number of hydrogen-bond donors (Lipinski definition) is 0. The third-order valence-electron chi connectivity index (χ3n) is 2.84. The van der Waals surface area contributed by atoms with E-state index in [1.807, 2.05) is 0 Å². The van der Waals surface area contributed by atoms with E-state index in [-0.39, 0.29) is 7.43 Å². The summed E-state index contributed by atoms with van der Waals surface area (Å²) in [6.07, 6.45) is 1.42. The Kier molecular flexibility index (Phi) is 2.26. The van der Waals surface area contributed by atoms with Crippen LogP contribution in [0.4, 0.5) is 0 Å². The zero-order chi connectivity index (χ0) is 7.19. The number of likely N-dealkylation sites (tertiary alicyclic amines) is 2. The fraction of sp³-hybridized carbons (Fsp3) is 1.00. The maximum Gasteiger partial charge on any atom is 0.00965 e. The van der Waals surface area contributed by atoms with Crippen LogP contribution < -0.4 is 0 Å². The highest BCUT2D eigenvalue weighted by atomic mass is 15.2. The predicted molar refractivity (Wildman–Crippen MR) is 48.8 cm³/mol. The van der Waals surface area contributed by atoms with Crippen LogP contribution in [0.5, 0.6) is 0 Å². The summed E-state index contributed by atoms with van der Waals surface area (Å²) >= 11 is 0. The first-order valence-electron chi connectivity index (χ1n) is 4.07. The van der Waals surface area contributed by atoms with Gasteiger partial charge in [-0.1, -0.05) is 7.43 Å². The molecular formula is C9H20N2. The van der Waals surface area contributed by atoms with Crippen LogP contribution in [0.15, 0.2) is 0 Å². The first-order valence-corrected chi connectivity index (χ1v) is 4.07. The van der Waals surface area contributed by atoms with Crippen LogP contribution in [0.25, 0.3) is 0 Å². The van der Waals surface area contributed by atoms with Crippen molar-refractivity contribution < 1.29 is 0 Å². The molecule has 0 aliphatic carbocycles. The number of hydrogen-bond acceptors (Lipinski definition) is 2. The van der Waals surface area contributed by atoms with E-state index in [1.165, 1.54) is 32.6 Å². The van der Waals surface area contributed by atoms with Crippen molar-refractivity contribution in [3.05, 3.63) is 0 Å². The summed E-state index contributed by atoms with van der Waals surface area (Å²) in [6.45, 7) is 5.31. The summed E-state index contributed by atoms with van der Waals surface area (Å²) in [7, 11) is 4.44. The highest BCUT2D eigenvalue weighted by Gasteiger charge is 2.44. The molecule has 2 heteroatoms. The third kappa shape index (κ3) is 1.42. The average Bonchev–Trinajstić information content (AvgIpc) is 2.10. The lowest BCUT2D eigenvalue weighted by Gasteiger charge is -2.46. The Morgan fingerprint density at radius 3 is 1.91 bits per heavy atom. The molecule has 2 saturated heterocycles. The minimum Gasteiger partial charge on any atom is -0.306 e. The molecule has 0 radical (unpaired) electrons. The van der Waals surface area contributed by atoms with E-state index < -0.39 is 0 Å². The van der Waals surface area contributed by atoms with Crippen molar-refractivity contribution in [2.45, 2.75) is 13.8 Å². The monoisotopic (exact) mass is 156 g/mol. The van der Waals surface area contributed by atoms with Gasteiger partial charge < -0.3 is 9.80 Å². The molecule has 66 valence electrons.